The van der Waals surface area contributed by atoms with Gasteiger partial charge < -0.3 is 5.32 Å². The van der Waals surface area contributed by atoms with Gasteiger partial charge in [-0.1, -0.05) is 12.1 Å². The number of carbonyl (C=O) groups excluding carboxylic acids is 1. The molecule has 7 heteroatoms. The molecule has 0 spiro atoms. The van der Waals surface area contributed by atoms with Gasteiger partial charge in [0.2, 0.25) is 0 Å². The highest BCUT2D eigenvalue weighted by molar-refractivity contribution is 6.07. The molecule has 1 aromatic carbocycles. The molecule has 0 aliphatic carbocycles. The van der Waals surface area contributed by atoms with Gasteiger partial charge in [-0.3, -0.25) is 29.6 Å². The molecule has 0 fully saturated rings. The van der Waals surface area contributed by atoms with E-state index < -0.39 is 17.0 Å². The Kier molecular flexibility index (Phi) is 3.07. The molecule has 0 unspecified atom stereocenters. The normalized spacial score (nSPS) is 10.5. The van der Waals surface area contributed by atoms with Crippen molar-refractivity contribution < 1.29 is 4.79 Å². The summed E-state index contributed by atoms with van der Waals surface area (Å²) in [6.07, 6.45) is 1.50. The molecule has 2 aromatic heterocycles. The number of nitrogens with zero attached hydrogens (tertiary/aromatic N) is 1. The lowest BCUT2D eigenvalue weighted by Gasteiger charge is -2.07. The van der Waals surface area contributed by atoms with Gasteiger partial charge in [-0.05, 0) is 24.3 Å². The first-order valence-electron chi connectivity index (χ1n) is 6.13. The quantitative estimate of drug-likeness (QED) is 0.648. The third-order valence-electron chi connectivity index (χ3n) is 2.97. The van der Waals surface area contributed by atoms with Crippen molar-refractivity contribution >= 4 is 22.4 Å². The van der Waals surface area contributed by atoms with E-state index >= 15 is 0 Å². The van der Waals surface area contributed by atoms with Gasteiger partial charge in [0.25, 0.3) is 17.0 Å². The summed E-state index contributed by atoms with van der Waals surface area (Å²) >= 11 is 0. The van der Waals surface area contributed by atoms with E-state index in [2.05, 4.69) is 20.5 Å². The van der Waals surface area contributed by atoms with Gasteiger partial charge in [0.15, 0.2) is 0 Å². The Bertz CT molecular complexity index is 928. The highest BCUT2D eigenvalue weighted by Gasteiger charge is 2.12. The number of carbonyl (C=O) groups is 1. The zero-order chi connectivity index (χ0) is 14.8. The number of amides is 1. The van der Waals surface area contributed by atoms with Crippen LogP contribution in [0.5, 0.6) is 0 Å². The van der Waals surface area contributed by atoms with E-state index in [1.54, 1.807) is 30.3 Å². The third-order valence-corrected chi connectivity index (χ3v) is 2.97. The summed E-state index contributed by atoms with van der Waals surface area (Å²) in [7, 11) is 0. The van der Waals surface area contributed by atoms with E-state index in [4.69, 9.17) is 0 Å². The first-order chi connectivity index (χ1) is 10.2. The zero-order valence-electron chi connectivity index (χ0n) is 10.7. The molecule has 0 atom stereocenters. The second kappa shape index (κ2) is 5.04. The molecule has 3 aromatic rings. The van der Waals surface area contributed by atoms with Crippen LogP contribution in [0.25, 0.3) is 10.8 Å². The predicted molar refractivity (Wildman–Crippen MR) is 77.4 cm³/mol. The monoisotopic (exact) mass is 282 g/mol. The number of pyridine rings is 1. The number of fused-ring (bicyclic) bond motifs is 1. The highest BCUT2D eigenvalue weighted by Crippen LogP contribution is 2.17. The number of benzene rings is 1. The average molecular weight is 282 g/mol. The number of anilines is 1. The van der Waals surface area contributed by atoms with Crippen molar-refractivity contribution in [1.29, 1.82) is 0 Å². The molecule has 104 valence electrons. The van der Waals surface area contributed by atoms with Crippen LogP contribution >= 0.6 is 0 Å². The van der Waals surface area contributed by atoms with Crippen LogP contribution in [0.15, 0.2) is 52.2 Å². The summed E-state index contributed by atoms with van der Waals surface area (Å²) in [4.78, 5) is 39.6. The Labute approximate surface area is 117 Å². The molecule has 1 amide bonds. The predicted octanol–water partition coefficient (Wildman–Crippen LogP) is 0.864. The maximum absolute atomic E-state index is 12.1. The van der Waals surface area contributed by atoms with Crippen LogP contribution in [-0.2, 0) is 0 Å². The Balaban J connectivity index is 2.10. The summed E-state index contributed by atoms with van der Waals surface area (Å²) in [5, 5.41) is 7.40. The summed E-state index contributed by atoms with van der Waals surface area (Å²) in [6.45, 7) is 0. The van der Waals surface area contributed by atoms with Crippen molar-refractivity contribution in [3.05, 3.63) is 69.0 Å². The Morgan fingerprint density at radius 3 is 2.57 bits per heavy atom. The van der Waals surface area contributed by atoms with Crippen molar-refractivity contribution in [2.45, 2.75) is 0 Å². The Morgan fingerprint density at radius 1 is 1.00 bits per heavy atom. The van der Waals surface area contributed by atoms with E-state index in [1.807, 2.05) is 0 Å². The molecule has 0 radical (unpaired) electrons. The van der Waals surface area contributed by atoms with Gasteiger partial charge in [0, 0.05) is 6.20 Å². The molecule has 2 heterocycles. The first kappa shape index (κ1) is 12.8. The minimum Gasteiger partial charge on any atom is -0.320 e. The third kappa shape index (κ3) is 2.32. The molecule has 3 rings (SSSR count). The SMILES string of the molecule is O=C(Nc1cccc2c(=O)[nH][nH]c(=O)c12)c1ccccn1. The summed E-state index contributed by atoms with van der Waals surface area (Å²) in [5.41, 5.74) is -0.439. The molecule has 0 saturated carbocycles. The minimum absolute atomic E-state index is 0.130. The van der Waals surface area contributed by atoms with Crippen molar-refractivity contribution in [2.24, 2.45) is 0 Å². The molecular formula is C14H10N4O3. The highest BCUT2D eigenvalue weighted by atomic mass is 16.2. The van der Waals surface area contributed by atoms with Gasteiger partial charge in [0.1, 0.15) is 5.69 Å². The molecule has 21 heavy (non-hydrogen) atoms. The smallest absolute Gasteiger partial charge is 0.274 e. The fourth-order valence-corrected chi connectivity index (χ4v) is 2.02. The number of nitrogens with one attached hydrogen (secondary N) is 3. The standard InChI is InChI=1S/C14H10N4O3/c19-12-8-4-3-6-9(11(8)14(21)18-17-12)16-13(20)10-5-1-2-7-15-10/h1-7H,(H,16,20)(H,17,19)(H,18,21). The molecule has 0 aliphatic heterocycles. The second-order valence-electron chi connectivity index (χ2n) is 4.31. The van der Waals surface area contributed by atoms with Gasteiger partial charge in [-0.25, -0.2) is 0 Å². The number of rotatable bonds is 2. The lowest BCUT2D eigenvalue weighted by atomic mass is 10.1. The number of aromatic amines is 2. The minimum atomic E-state index is -0.485. The van der Waals surface area contributed by atoms with Crippen LogP contribution in [0.3, 0.4) is 0 Å². The number of aromatic nitrogens is 3. The van der Waals surface area contributed by atoms with Gasteiger partial charge in [-0.15, -0.1) is 0 Å². The molecule has 0 aliphatic rings. The molecular weight excluding hydrogens is 272 g/mol. The zero-order valence-corrected chi connectivity index (χ0v) is 10.7. The van der Waals surface area contributed by atoms with E-state index in [0.717, 1.165) is 0 Å². The molecule has 7 nitrogen and oxygen atoms in total. The van der Waals surface area contributed by atoms with Gasteiger partial charge in [-0.2, -0.15) is 0 Å². The van der Waals surface area contributed by atoms with E-state index in [1.165, 1.54) is 12.3 Å². The van der Waals surface area contributed by atoms with Crippen LogP contribution in [0.1, 0.15) is 10.5 Å². The summed E-state index contributed by atoms with van der Waals surface area (Å²) < 4.78 is 0. The fraction of sp³-hybridized carbons (Fsp3) is 0. The second-order valence-corrected chi connectivity index (χ2v) is 4.31. The van der Waals surface area contributed by atoms with Crippen molar-refractivity contribution in [2.75, 3.05) is 5.32 Å². The molecule has 0 saturated heterocycles. The first-order valence-corrected chi connectivity index (χ1v) is 6.13. The summed E-state index contributed by atoms with van der Waals surface area (Å²) in [6, 6.07) is 9.59. The Morgan fingerprint density at radius 2 is 1.81 bits per heavy atom. The average Bonchev–Trinajstić information content (AvgIpc) is 2.52. The van der Waals surface area contributed by atoms with Gasteiger partial charge >= 0.3 is 0 Å². The molecule has 0 bridgehead atoms. The molecule has 3 N–H and O–H groups in total. The van der Waals surface area contributed by atoms with Crippen LogP contribution in [-0.4, -0.2) is 21.1 Å². The maximum atomic E-state index is 12.1. The number of H-pyrrole nitrogens is 2. The lowest BCUT2D eigenvalue weighted by Crippen LogP contribution is -2.21. The lowest BCUT2D eigenvalue weighted by molar-refractivity contribution is 0.102. The van der Waals surface area contributed by atoms with E-state index in [9.17, 15) is 14.4 Å². The maximum Gasteiger partial charge on any atom is 0.274 e. The van der Waals surface area contributed by atoms with Gasteiger partial charge in [0.05, 0.1) is 16.5 Å². The Hall–Kier alpha value is -3.22. The van der Waals surface area contributed by atoms with Crippen LogP contribution in [0.2, 0.25) is 0 Å². The summed E-state index contributed by atoms with van der Waals surface area (Å²) in [5.74, 6) is -0.456. The van der Waals surface area contributed by atoms with Crippen molar-refractivity contribution in [3.8, 4) is 0 Å². The fourth-order valence-electron chi connectivity index (χ4n) is 2.02. The van der Waals surface area contributed by atoms with E-state index in [-0.39, 0.29) is 22.2 Å². The van der Waals surface area contributed by atoms with Crippen LogP contribution < -0.4 is 16.4 Å². The largest absolute Gasteiger partial charge is 0.320 e. The van der Waals surface area contributed by atoms with Crippen LogP contribution in [0.4, 0.5) is 5.69 Å². The number of hydrogen-bond acceptors (Lipinski definition) is 4. The number of hydrogen-bond donors (Lipinski definition) is 3. The van der Waals surface area contributed by atoms with Crippen LogP contribution in [0, 0.1) is 0 Å². The topological polar surface area (TPSA) is 108 Å². The van der Waals surface area contributed by atoms with Crippen molar-refractivity contribution in [1.82, 2.24) is 15.2 Å². The van der Waals surface area contributed by atoms with Crippen molar-refractivity contribution in [3.63, 3.8) is 0 Å². The van der Waals surface area contributed by atoms with E-state index in [0.29, 0.717) is 0 Å².